The summed E-state index contributed by atoms with van der Waals surface area (Å²) >= 11 is 0. The van der Waals surface area contributed by atoms with Crippen LogP contribution in [0.3, 0.4) is 0 Å². The van der Waals surface area contributed by atoms with Crippen LogP contribution in [0.5, 0.6) is 0 Å². The molecular formula is C6H12AcN-. The molecular weight excluding hydrogens is 313 g/mol. The van der Waals surface area contributed by atoms with E-state index in [1.54, 1.807) is 0 Å². The molecule has 1 radical (unpaired) electrons. The van der Waals surface area contributed by atoms with Crippen LogP contribution < -0.4 is 0 Å². The van der Waals surface area contributed by atoms with Gasteiger partial charge in [0.05, 0.1) is 0 Å². The van der Waals surface area contributed by atoms with Crippen molar-refractivity contribution in [3.05, 3.63) is 17.5 Å². The fourth-order valence-corrected chi connectivity index (χ4v) is 0.414. The fourth-order valence-electron chi connectivity index (χ4n) is 0.414. The monoisotopic (exact) mass is 325 g/mol. The number of rotatable bonds is 2. The third-order valence-corrected chi connectivity index (χ3v) is 0.868. The van der Waals surface area contributed by atoms with Crippen LogP contribution in [0.2, 0.25) is 0 Å². The first-order valence-electron chi connectivity index (χ1n) is 2.68. The van der Waals surface area contributed by atoms with Crippen molar-refractivity contribution in [2.24, 2.45) is 0 Å². The molecule has 1 N–H and O–H groups in total. The Kier molecular flexibility index (Phi) is 11.7. The van der Waals surface area contributed by atoms with Crippen LogP contribution >= 0.6 is 0 Å². The molecule has 0 aromatic heterocycles. The molecule has 8 heavy (non-hydrogen) atoms. The Morgan fingerprint density at radius 1 is 1.62 bits per heavy atom. The van der Waals surface area contributed by atoms with E-state index in [4.69, 9.17) is 5.73 Å². The van der Waals surface area contributed by atoms with E-state index in [-0.39, 0.29) is 44.1 Å². The van der Waals surface area contributed by atoms with Gasteiger partial charge in [0, 0.05) is 44.1 Å². The maximum absolute atomic E-state index is 7.08. The van der Waals surface area contributed by atoms with E-state index in [1.165, 1.54) is 0 Å². The van der Waals surface area contributed by atoms with Crippen molar-refractivity contribution >= 4 is 0 Å². The average Bonchev–Trinajstić information content (AvgIpc) is 1.68. The molecule has 0 amide bonds. The van der Waals surface area contributed by atoms with Gasteiger partial charge in [-0.2, -0.15) is 5.70 Å². The van der Waals surface area contributed by atoms with Gasteiger partial charge in [0.1, 0.15) is 0 Å². The first-order valence-corrected chi connectivity index (χ1v) is 2.68. The molecule has 0 atom stereocenters. The average molecular weight is 325 g/mol. The third kappa shape index (κ3) is 6.98. The zero-order chi connectivity index (χ0) is 5.70. The SMILES string of the molecule is C/C=C(\[NH-])CCC.[Ac]. The van der Waals surface area contributed by atoms with Crippen molar-refractivity contribution in [2.75, 3.05) is 0 Å². The molecule has 0 aliphatic carbocycles. The molecule has 2 heteroatoms. The van der Waals surface area contributed by atoms with Crippen molar-refractivity contribution < 1.29 is 44.1 Å². The van der Waals surface area contributed by atoms with Crippen LogP contribution in [0.1, 0.15) is 26.7 Å². The summed E-state index contributed by atoms with van der Waals surface area (Å²) in [5.74, 6) is 0. The summed E-state index contributed by atoms with van der Waals surface area (Å²) in [6.07, 6.45) is 3.85. The van der Waals surface area contributed by atoms with Gasteiger partial charge >= 0.3 is 0 Å². The molecule has 0 aliphatic rings. The number of hydrogen-bond acceptors (Lipinski definition) is 0. The Balaban J connectivity index is 0. The van der Waals surface area contributed by atoms with Crippen LogP contribution in [0.15, 0.2) is 11.8 Å². The zero-order valence-corrected chi connectivity index (χ0v) is 10.3. The predicted octanol–water partition coefficient (Wildman–Crippen LogP) is 2.74. The van der Waals surface area contributed by atoms with E-state index < -0.39 is 0 Å². The minimum absolute atomic E-state index is 0. The standard InChI is InChI=1S/C6H12N.Ac/c1-3-5-6(7)4-2;/h4,7H,3,5H2,1-2H3;/q-1;/b6-4-;. The fraction of sp³-hybridized carbons (Fsp3) is 0.667. The first-order chi connectivity index (χ1) is 3.31. The van der Waals surface area contributed by atoms with Gasteiger partial charge in [-0.1, -0.05) is 13.3 Å². The molecule has 45 valence electrons. The van der Waals surface area contributed by atoms with Crippen LogP contribution in [-0.2, 0) is 0 Å². The molecule has 0 fully saturated rings. The van der Waals surface area contributed by atoms with Gasteiger partial charge in [-0.15, -0.1) is 6.08 Å². The minimum atomic E-state index is 0. The van der Waals surface area contributed by atoms with Crippen LogP contribution in [-0.4, -0.2) is 0 Å². The van der Waals surface area contributed by atoms with Crippen LogP contribution in [0.25, 0.3) is 5.73 Å². The summed E-state index contributed by atoms with van der Waals surface area (Å²) in [5.41, 5.74) is 7.83. The largest absolute Gasteiger partial charge is 0.702 e. The normalized spacial score (nSPS) is 10.5. The van der Waals surface area contributed by atoms with Crippen molar-refractivity contribution in [3.8, 4) is 0 Å². The second-order valence-electron chi connectivity index (χ2n) is 1.56. The van der Waals surface area contributed by atoms with Gasteiger partial charge in [0.15, 0.2) is 0 Å². The van der Waals surface area contributed by atoms with E-state index in [1.807, 2.05) is 13.0 Å². The van der Waals surface area contributed by atoms with Gasteiger partial charge in [0.2, 0.25) is 0 Å². The smallest absolute Gasteiger partial charge is 0 e. The summed E-state index contributed by atoms with van der Waals surface area (Å²) in [7, 11) is 0. The summed E-state index contributed by atoms with van der Waals surface area (Å²) < 4.78 is 0. The molecule has 0 saturated heterocycles. The molecule has 0 rings (SSSR count). The van der Waals surface area contributed by atoms with Crippen LogP contribution in [0, 0.1) is 44.1 Å². The summed E-state index contributed by atoms with van der Waals surface area (Å²) in [6.45, 7) is 3.98. The molecule has 0 saturated carbocycles. The van der Waals surface area contributed by atoms with E-state index in [2.05, 4.69) is 6.92 Å². The summed E-state index contributed by atoms with van der Waals surface area (Å²) in [4.78, 5) is 0. The molecule has 0 aliphatic heterocycles. The molecule has 0 unspecified atom stereocenters. The topological polar surface area (TPSA) is 23.8 Å². The maximum Gasteiger partial charge on any atom is 0 e. The maximum atomic E-state index is 7.08. The number of nitrogens with one attached hydrogen (secondary N) is 1. The van der Waals surface area contributed by atoms with Gasteiger partial charge < -0.3 is 5.73 Å². The molecule has 0 aromatic rings. The molecule has 0 aromatic carbocycles. The Morgan fingerprint density at radius 2 is 2.12 bits per heavy atom. The first kappa shape index (κ1) is 11.7. The quantitative estimate of drug-likeness (QED) is 0.746. The Hall–Kier alpha value is 0.982. The van der Waals surface area contributed by atoms with E-state index in [9.17, 15) is 0 Å². The van der Waals surface area contributed by atoms with Gasteiger partial charge in [0.25, 0.3) is 0 Å². The Labute approximate surface area is 87.3 Å². The van der Waals surface area contributed by atoms with E-state index in [0.717, 1.165) is 18.5 Å². The van der Waals surface area contributed by atoms with Crippen molar-refractivity contribution in [2.45, 2.75) is 26.7 Å². The molecule has 0 bridgehead atoms. The van der Waals surface area contributed by atoms with Gasteiger partial charge in [-0.3, -0.25) is 0 Å². The van der Waals surface area contributed by atoms with Crippen molar-refractivity contribution in [3.63, 3.8) is 0 Å². The van der Waals surface area contributed by atoms with E-state index >= 15 is 0 Å². The van der Waals surface area contributed by atoms with Crippen molar-refractivity contribution in [1.82, 2.24) is 0 Å². The molecule has 1 nitrogen and oxygen atoms in total. The minimum Gasteiger partial charge on any atom is -0.702 e. The number of allylic oxidation sites excluding steroid dienone is 2. The predicted molar refractivity (Wildman–Crippen MR) is 33.0 cm³/mol. The van der Waals surface area contributed by atoms with Crippen LogP contribution in [0.4, 0.5) is 0 Å². The second kappa shape index (κ2) is 7.98. The second-order valence-corrected chi connectivity index (χ2v) is 1.56. The number of hydrogen-bond donors (Lipinski definition) is 0. The van der Waals surface area contributed by atoms with Gasteiger partial charge in [-0.05, 0) is 13.3 Å². The molecule has 0 heterocycles. The molecule has 0 spiro atoms. The van der Waals surface area contributed by atoms with Crippen molar-refractivity contribution in [1.29, 1.82) is 0 Å². The van der Waals surface area contributed by atoms with Gasteiger partial charge in [-0.25, -0.2) is 0 Å². The van der Waals surface area contributed by atoms with E-state index in [0.29, 0.717) is 0 Å². The Bertz CT molecular complexity index is 68.9. The Morgan fingerprint density at radius 3 is 2.25 bits per heavy atom. The summed E-state index contributed by atoms with van der Waals surface area (Å²) in [6, 6.07) is 0. The third-order valence-electron chi connectivity index (χ3n) is 0.868. The summed E-state index contributed by atoms with van der Waals surface area (Å²) in [5, 5.41) is 0. The zero-order valence-electron chi connectivity index (χ0n) is 5.57.